The molecule has 1 fully saturated rings. The number of aromatic nitrogens is 2. The Balaban J connectivity index is 1.33. The van der Waals surface area contributed by atoms with Crippen LogP contribution >= 0.6 is 11.6 Å². The number of benzene rings is 2. The molecule has 9 nitrogen and oxygen atoms in total. The molecule has 11 heteroatoms. The van der Waals surface area contributed by atoms with E-state index in [0.29, 0.717) is 46.6 Å². The van der Waals surface area contributed by atoms with Gasteiger partial charge >= 0.3 is 0 Å². The summed E-state index contributed by atoms with van der Waals surface area (Å²) in [7, 11) is 3.36. The second kappa shape index (κ2) is 10.7. The molecule has 2 heterocycles. The average molecular weight is 550 g/mol. The number of anilines is 3. The minimum absolute atomic E-state index is 0.131. The normalized spacial score (nSPS) is 13.7. The fourth-order valence-corrected chi connectivity index (χ4v) is 4.60. The highest BCUT2D eigenvalue weighted by Gasteiger charge is 2.50. The standard InChI is InChI=1S/C28H25ClFN5O4/c1-31-22-14-21-19(13-24(22)38-2)23(8-11-32-21)39-25-20(29)12-18(15-33-25)35-27(37)28(9-3-10-28)26(36)34-17-6-4-16(30)5-7-17/h4-8,11-15,31H,3,9-10H2,1-2H3,(H,34,36)(H,35,37). The molecule has 0 spiro atoms. The Morgan fingerprint density at radius 1 is 0.974 bits per heavy atom. The number of hydrogen-bond acceptors (Lipinski definition) is 7. The molecule has 5 rings (SSSR count). The molecule has 2 aromatic heterocycles. The molecule has 0 radical (unpaired) electrons. The summed E-state index contributed by atoms with van der Waals surface area (Å²) in [5, 5.41) is 9.39. The number of nitrogens with zero attached hydrogens (tertiary/aromatic N) is 2. The lowest BCUT2D eigenvalue weighted by Crippen LogP contribution is -2.50. The van der Waals surface area contributed by atoms with Crippen LogP contribution in [0.15, 0.2) is 60.9 Å². The quantitative estimate of drug-likeness (QED) is 0.230. The van der Waals surface area contributed by atoms with Crippen molar-refractivity contribution in [3.05, 3.63) is 71.8 Å². The first-order chi connectivity index (χ1) is 18.8. The molecule has 0 bridgehead atoms. The minimum Gasteiger partial charge on any atom is -0.495 e. The van der Waals surface area contributed by atoms with Gasteiger partial charge in [0, 0.05) is 24.3 Å². The number of ether oxygens (including phenoxy) is 2. The van der Waals surface area contributed by atoms with Crippen LogP contribution in [0.5, 0.6) is 17.4 Å². The summed E-state index contributed by atoms with van der Waals surface area (Å²) in [5.74, 6) is -0.107. The van der Waals surface area contributed by atoms with Gasteiger partial charge in [0.1, 0.15) is 27.8 Å². The zero-order valence-corrected chi connectivity index (χ0v) is 21.9. The van der Waals surface area contributed by atoms with Crippen molar-refractivity contribution in [3.63, 3.8) is 0 Å². The molecule has 1 aliphatic rings. The lowest BCUT2D eigenvalue weighted by molar-refractivity contribution is -0.142. The van der Waals surface area contributed by atoms with Gasteiger partial charge in [0.05, 0.1) is 30.2 Å². The number of carbonyl (C=O) groups excluding carboxylic acids is 2. The van der Waals surface area contributed by atoms with Gasteiger partial charge in [-0.2, -0.15) is 0 Å². The predicted molar refractivity (Wildman–Crippen MR) is 147 cm³/mol. The van der Waals surface area contributed by atoms with Crippen LogP contribution in [0.25, 0.3) is 10.9 Å². The molecule has 0 unspecified atom stereocenters. The molecule has 200 valence electrons. The summed E-state index contributed by atoms with van der Waals surface area (Å²) in [6.45, 7) is 0. The third-order valence-electron chi connectivity index (χ3n) is 6.74. The highest BCUT2D eigenvalue weighted by atomic mass is 35.5. The third-order valence-corrected chi connectivity index (χ3v) is 7.01. The summed E-state index contributed by atoms with van der Waals surface area (Å²) in [6, 6.07) is 12.2. The van der Waals surface area contributed by atoms with E-state index >= 15 is 0 Å². The molecule has 1 saturated carbocycles. The fourth-order valence-electron chi connectivity index (χ4n) is 4.40. The highest BCUT2D eigenvalue weighted by molar-refractivity contribution is 6.32. The van der Waals surface area contributed by atoms with Gasteiger partial charge in [-0.15, -0.1) is 0 Å². The minimum atomic E-state index is -1.24. The van der Waals surface area contributed by atoms with E-state index in [1.165, 1.54) is 36.5 Å². The van der Waals surface area contributed by atoms with Crippen molar-refractivity contribution in [2.24, 2.45) is 5.41 Å². The molecule has 4 aromatic rings. The van der Waals surface area contributed by atoms with Gasteiger partial charge in [-0.3, -0.25) is 14.6 Å². The van der Waals surface area contributed by atoms with E-state index in [9.17, 15) is 14.0 Å². The lowest BCUT2D eigenvalue weighted by Gasteiger charge is -2.38. The number of hydrogen-bond donors (Lipinski definition) is 3. The monoisotopic (exact) mass is 549 g/mol. The number of halogens is 2. The molecule has 3 N–H and O–H groups in total. The Labute approximate surface area is 228 Å². The van der Waals surface area contributed by atoms with Crippen molar-refractivity contribution in [1.82, 2.24) is 9.97 Å². The average Bonchev–Trinajstić information content (AvgIpc) is 2.90. The molecule has 1 aliphatic carbocycles. The van der Waals surface area contributed by atoms with Crippen LogP contribution < -0.4 is 25.4 Å². The summed E-state index contributed by atoms with van der Waals surface area (Å²) in [5.41, 5.74) is 0.953. The van der Waals surface area contributed by atoms with Gasteiger partial charge in [0.2, 0.25) is 17.7 Å². The smallest absolute Gasteiger partial charge is 0.240 e. The van der Waals surface area contributed by atoms with Crippen molar-refractivity contribution in [2.45, 2.75) is 19.3 Å². The van der Waals surface area contributed by atoms with Gasteiger partial charge in [-0.05, 0) is 61.4 Å². The summed E-state index contributed by atoms with van der Waals surface area (Å²) in [4.78, 5) is 34.9. The number of rotatable bonds is 8. The number of methoxy groups -OCH3 is 1. The van der Waals surface area contributed by atoms with E-state index in [2.05, 4.69) is 25.9 Å². The number of fused-ring (bicyclic) bond motifs is 1. The van der Waals surface area contributed by atoms with E-state index in [4.69, 9.17) is 21.1 Å². The van der Waals surface area contributed by atoms with Crippen LogP contribution in [0.2, 0.25) is 5.02 Å². The van der Waals surface area contributed by atoms with Gasteiger partial charge in [0.15, 0.2) is 0 Å². The first-order valence-electron chi connectivity index (χ1n) is 12.2. The topological polar surface area (TPSA) is 114 Å². The molecule has 0 saturated heterocycles. The number of nitrogens with one attached hydrogen (secondary N) is 3. The van der Waals surface area contributed by atoms with Crippen LogP contribution in [0.1, 0.15) is 19.3 Å². The maximum Gasteiger partial charge on any atom is 0.240 e. The number of pyridine rings is 2. The Morgan fingerprint density at radius 2 is 1.69 bits per heavy atom. The Hall–Kier alpha value is -4.44. The largest absolute Gasteiger partial charge is 0.495 e. The van der Waals surface area contributed by atoms with E-state index in [-0.39, 0.29) is 10.9 Å². The first kappa shape index (κ1) is 26.2. The zero-order chi connectivity index (χ0) is 27.6. The summed E-state index contributed by atoms with van der Waals surface area (Å²) < 4.78 is 24.7. The van der Waals surface area contributed by atoms with Crippen molar-refractivity contribution >= 4 is 51.4 Å². The van der Waals surface area contributed by atoms with E-state index < -0.39 is 23.0 Å². The molecular weight excluding hydrogens is 525 g/mol. The Morgan fingerprint density at radius 3 is 2.31 bits per heavy atom. The maximum atomic E-state index is 13.2. The maximum absolute atomic E-state index is 13.2. The number of amides is 2. The van der Waals surface area contributed by atoms with Crippen molar-refractivity contribution < 1.29 is 23.5 Å². The second-order valence-electron chi connectivity index (χ2n) is 9.09. The van der Waals surface area contributed by atoms with Crippen LogP contribution in [0.4, 0.5) is 21.5 Å². The molecule has 2 amide bonds. The summed E-state index contributed by atoms with van der Waals surface area (Å²) in [6.07, 6.45) is 4.54. The van der Waals surface area contributed by atoms with Crippen LogP contribution in [0.3, 0.4) is 0 Å². The molecule has 2 aromatic carbocycles. The van der Waals surface area contributed by atoms with Crippen LogP contribution in [-0.2, 0) is 9.59 Å². The van der Waals surface area contributed by atoms with Gasteiger partial charge in [0.25, 0.3) is 0 Å². The SMILES string of the molecule is CNc1cc2nccc(Oc3ncc(NC(=O)C4(C(=O)Nc5ccc(F)cc5)CCC4)cc3Cl)c2cc1OC. The van der Waals surface area contributed by atoms with Gasteiger partial charge in [-0.1, -0.05) is 18.0 Å². The van der Waals surface area contributed by atoms with Crippen molar-refractivity contribution in [3.8, 4) is 17.4 Å². The Kier molecular flexibility index (Phi) is 7.21. The van der Waals surface area contributed by atoms with Crippen molar-refractivity contribution in [1.29, 1.82) is 0 Å². The van der Waals surface area contributed by atoms with Gasteiger partial charge < -0.3 is 25.4 Å². The molecule has 39 heavy (non-hydrogen) atoms. The van der Waals surface area contributed by atoms with E-state index in [1.807, 2.05) is 6.07 Å². The predicted octanol–water partition coefficient (Wildman–Crippen LogP) is 6.01. The van der Waals surface area contributed by atoms with Gasteiger partial charge in [-0.25, -0.2) is 9.37 Å². The van der Waals surface area contributed by atoms with E-state index in [0.717, 1.165) is 12.1 Å². The first-order valence-corrected chi connectivity index (χ1v) is 12.6. The summed E-state index contributed by atoms with van der Waals surface area (Å²) >= 11 is 6.47. The van der Waals surface area contributed by atoms with E-state index in [1.54, 1.807) is 32.5 Å². The zero-order valence-electron chi connectivity index (χ0n) is 21.2. The van der Waals surface area contributed by atoms with Crippen LogP contribution in [-0.4, -0.2) is 35.9 Å². The second-order valence-corrected chi connectivity index (χ2v) is 9.50. The highest BCUT2D eigenvalue weighted by Crippen LogP contribution is 2.43. The Bertz CT molecular complexity index is 1560. The molecule has 0 atom stereocenters. The molecule has 0 aliphatic heterocycles. The third kappa shape index (κ3) is 5.15. The lowest BCUT2D eigenvalue weighted by atomic mass is 9.67. The fraction of sp³-hybridized carbons (Fsp3) is 0.214. The number of carbonyl (C=O) groups is 2. The molecular formula is C28H25ClFN5O4. The van der Waals surface area contributed by atoms with Crippen molar-refractivity contribution in [2.75, 3.05) is 30.1 Å². The van der Waals surface area contributed by atoms with Crippen LogP contribution in [0, 0.1) is 11.2 Å².